The lowest BCUT2D eigenvalue weighted by atomic mass is 9.94. The largest absolute Gasteiger partial charge is 0.479 e. The highest BCUT2D eigenvalue weighted by atomic mass is 19.1. The van der Waals surface area contributed by atoms with E-state index < -0.39 is 23.4 Å². The molecule has 12 heteroatoms. The Bertz CT molecular complexity index is 1680. The lowest BCUT2D eigenvalue weighted by Gasteiger charge is -2.25. The molecular formula is C28H26FN5O6. The minimum absolute atomic E-state index is 0.0164. The second kappa shape index (κ2) is 10.8. The van der Waals surface area contributed by atoms with Crippen LogP contribution in [0.1, 0.15) is 30.7 Å². The van der Waals surface area contributed by atoms with Crippen LogP contribution in [0.15, 0.2) is 60.7 Å². The van der Waals surface area contributed by atoms with E-state index in [1.165, 1.54) is 10.7 Å². The molecule has 0 unspecified atom stereocenters. The molecule has 0 atom stereocenters. The van der Waals surface area contributed by atoms with Crippen molar-refractivity contribution in [1.82, 2.24) is 25.2 Å². The monoisotopic (exact) mass is 547 g/mol. The number of aromatic nitrogens is 5. The van der Waals surface area contributed by atoms with Crippen LogP contribution in [0.5, 0.6) is 0 Å². The number of benzene rings is 3. The Morgan fingerprint density at radius 1 is 1.02 bits per heavy atom. The summed E-state index contributed by atoms with van der Waals surface area (Å²) in [7, 11) is 0. The van der Waals surface area contributed by atoms with Gasteiger partial charge in [-0.15, -0.1) is 5.10 Å². The van der Waals surface area contributed by atoms with Crippen molar-refractivity contribution in [2.75, 3.05) is 0 Å². The van der Waals surface area contributed by atoms with Crippen LogP contribution in [0.3, 0.4) is 0 Å². The highest BCUT2D eigenvalue weighted by molar-refractivity contribution is 6.02. The minimum Gasteiger partial charge on any atom is -0.479 e. The van der Waals surface area contributed by atoms with Crippen molar-refractivity contribution in [2.24, 2.45) is 0 Å². The number of carboxylic acid groups (broad SMARTS) is 2. The van der Waals surface area contributed by atoms with Crippen LogP contribution in [-0.4, -0.2) is 59.0 Å². The Labute approximate surface area is 227 Å². The van der Waals surface area contributed by atoms with Crippen LogP contribution in [0.4, 0.5) is 4.39 Å². The maximum atomic E-state index is 14.7. The molecule has 0 fully saturated rings. The molecule has 0 saturated carbocycles. The van der Waals surface area contributed by atoms with E-state index in [0.29, 0.717) is 38.9 Å². The molecule has 3 aromatic carbocycles. The lowest BCUT2D eigenvalue weighted by molar-refractivity contribution is -0.185. The van der Waals surface area contributed by atoms with Crippen molar-refractivity contribution in [1.29, 1.82) is 0 Å². The van der Waals surface area contributed by atoms with Gasteiger partial charge < -0.3 is 19.7 Å². The van der Waals surface area contributed by atoms with E-state index in [0.717, 1.165) is 0 Å². The molecule has 2 heterocycles. The Morgan fingerprint density at radius 2 is 1.77 bits per heavy atom. The maximum absolute atomic E-state index is 14.7. The van der Waals surface area contributed by atoms with Crippen LogP contribution in [0, 0.1) is 5.82 Å². The van der Waals surface area contributed by atoms with Crippen LogP contribution in [0.25, 0.3) is 27.6 Å². The number of aliphatic carboxylic acids is 2. The number of ether oxygens (including phenoxy) is 2. The molecule has 0 aliphatic heterocycles. The number of nitrogens with zero attached hydrogens (tertiary/aromatic N) is 4. The summed E-state index contributed by atoms with van der Waals surface area (Å²) in [6.07, 6.45) is -0.386. The molecule has 0 saturated heterocycles. The third kappa shape index (κ3) is 5.14. The molecule has 0 amide bonds. The Balaban J connectivity index is 1.43. The molecule has 5 aromatic rings. The highest BCUT2D eigenvalue weighted by Gasteiger charge is 2.48. The molecule has 206 valence electrons. The number of carboxylic acids is 2. The van der Waals surface area contributed by atoms with Gasteiger partial charge in [-0.25, -0.2) is 18.7 Å². The van der Waals surface area contributed by atoms with E-state index in [1.54, 1.807) is 54.6 Å². The quantitative estimate of drug-likeness (QED) is 0.208. The number of nitrogens with one attached hydrogen (secondary N) is 1. The zero-order valence-corrected chi connectivity index (χ0v) is 21.7. The molecule has 2 aromatic heterocycles. The molecule has 3 N–H and O–H groups in total. The van der Waals surface area contributed by atoms with Gasteiger partial charge in [0.25, 0.3) is 5.60 Å². The molecule has 0 radical (unpaired) electrons. The third-order valence-corrected chi connectivity index (χ3v) is 6.46. The van der Waals surface area contributed by atoms with Gasteiger partial charge in [0.05, 0.1) is 41.7 Å². The van der Waals surface area contributed by atoms with Crippen LogP contribution < -0.4 is 0 Å². The molecule has 0 aliphatic carbocycles. The van der Waals surface area contributed by atoms with Crippen LogP contribution in [0.2, 0.25) is 0 Å². The summed E-state index contributed by atoms with van der Waals surface area (Å²) in [5.74, 6) is -3.74. The number of halogens is 1. The number of H-pyrrole nitrogens is 1. The average Bonchev–Trinajstić information content (AvgIpc) is 3.54. The standard InChI is InChI=1S/C28H26FN5O6/c1-16(2)39-14-18-10-21(29)25-24(11-18)34(33-32-25)19-8-9-20-22(12-19)30-31-23(20)15-40-28(26(35)36,27(37)38)13-17-6-4-3-5-7-17/h3-12,16H,13-15H2,1-2H3,(H,30,31)(H,35,36)(H,37,38). The second-order valence-electron chi connectivity index (χ2n) is 9.59. The van der Waals surface area contributed by atoms with Crippen LogP contribution in [-0.2, 0) is 38.7 Å². The zero-order valence-electron chi connectivity index (χ0n) is 21.7. The SMILES string of the molecule is CC(C)OCc1cc(F)c2nnn(-c3ccc4c(COC(Cc5ccccc5)(C(=O)O)C(=O)O)n[nH]c4c3)c2c1. The van der Waals surface area contributed by atoms with E-state index in [2.05, 4.69) is 20.5 Å². The number of carbonyl (C=O) groups is 2. The Morgan fingerprint density at radius 3 is 2.48 bits per heavy atom. The van der Waals surface area contributed by atoms with E-state index >= 15 is 0 Å². The van der Waals surface area contributed by atoms with Crippen molar-refractivity contribution in [3.8, 4) is 5.69 Å². The summed E-state index contributed by atoms with van der Waals surface area (Å²) in [6, 6.07) is 16.7. The zero-order chi connectivity index (χ0) is 28.4. The molecule has 11 nitrogen and oxygen atoms in total. The molecule has 0 bridgehead atoms. The fourth-order valence-corrected chi connectivity index (χ4v) is 4.37. The predicted octanol–water partition coefficient (Wildman–Crippen LogP) is 4.03. The fraction of sp³-hybridized carbons (Fsp3) is 0.250. The van der Waals surface area contributed by atoms with Gasteiger partial charge in [-0.3, -0.25) is 5.10 Å². The number of hydrogen-bond donors (Lipinski definition) is 3. The van der Waals surface area contributed by atoms with Gasteiger partial charge in [0, 0.05) is 11.8 Å². The Kier molecular flexibility index (Phi) is 7.28. The van der Waals surface area contributed by atoms with Gasteiger partial charge in [-0.05, 0) is 55.3 Å². The van der Waals surface area contributed by atoms with E-state index in [-0.39, 0.29) is 31.3 Å². The van der Waals surface area contributed by atoms with Gasteiger partial charge in [0.1, 0.15) is 5.52 Å². The second-order valence-corrected chi connectivity index (χ2v) is 9.59. The van der Waals surface area contributed by atoms with E-state index in [4.69, 9.17) is 9.47 Å². The van der Waals surface area contributed by atoms with Crippen LogP contribution >= 0.6 is 0 Å². The van der Waals surface area contributed by atoms with E-state index in [1.807, 2.05) is 13.8 Å². The lowest BCUT2D eigenvalue weighted by Crippen LogP contribution is -2.51. The normalized spacial score (nSPS) is 12.0. The highest BCUT2D eigenvalue weighted by Crippen LogP contribution is 2.27. The first kappa shape index (κ1) is 26.9. The van der Waals surface area contributed by atoms with Crippen molar-refractivity contribution >= 4 is 33.9 Å². The molecule has 0 aliphatic rings. The maximum Gasteiger partial charge on any atom is 0.348 e. The molecule has 5 rings (SSSR count). The van der Waals surface area contributed by atoms with E-state index in [9.17, 15) is 24.2 Å². The predicted molar refractivity (Wildman–Crippen MR) is 141 cm³/mol. The molecule has 40 heavy (non-hydrogen) atoms. The minimum atomic E-state index is -2.51. The summed E-state index contributed by atoms with van der Waals surface area (Å²) in [6.45, 7) is 3.65. The average molecular weight is 548 g/mol. The van der Waals surface area contributed by atoms with Crippen molar-refractivity contribution in [3.05, 3.63) is 83.3 Å². The third-order valence-electron chi connectivity index (χ3n) is 6.46. The number of fused-ring (bicyclic) bond motifs is 2. The first-order valence-corrected chi connectivity index (χ1v) is 12.5. The number of rotatable bonds is 11. The van der Waals surface area contributed by atoms with Gasteiger partial charge in [0.15, 0.2) is 5.82 Å². The summed E-state index contributed by atoms with van der Waals surface area (Å²) in [4.78, 5) is 24.2. The van der Waals surface area contributed by atoms with Gasteiger partial charge in [0.2, 0.25) is 0 Å². The van der Waals surface area contributed by atoms with Gasteiger partial charge in [-0.2, -0.15) is 5.10 Å². The number of hydrogen-bond acceptors (Lipinski definition) is 7. The Hall–Kier alpha value is -4.68. The first-order chi connectivity index (χ1) is 19.2. The van der Waals surface area contributed by atoms with Crippen molar-refractivity contribution < 1.29 is 33.7 Å². The summed E-state index contributed by atoms with van der Waals surface area (Å²) < 4.78 is 27.4. The van der Waals surface area contributed by atoms with Crippen molar-refractivity contribution in [3.63, 3.8) is 0 Å². The topological polar surface area (TPSA) is 152 Å². The fourth-order valence-electron chi connectivity index (χ4n) is 4.37. The molecule has 0 spiro atoms. The summed E-state index contributed by atoms with van der Waals surface area (Å²) in [5.41, 5.74) is 0.652. The van der Waals surface area contributed by atoms with Gasteiger partial charge >= 0.3 is 11.9 Å². The molecular weight excluding hydrogens is 521 g/mol. The van der Waals surface area contributed by atoms with Gasteiger partial charge in [-0.1, -0.05) is 35.5 Å². The first-order valence-electron chi connectivity index (χ1n) is 12.5. The summed E-state index contributed by atoms with van der Waals surface area (Å²) in [5, 5.41) is 35.5. The number of aromatic amines is 1. The smallest absolute Gasteiger partial charge is 0.348 e. The van der Waals surface area contributed by atoms with Crippen molar-refractivity contribution in [2.45, 2.75) is 45.2 Å². The summed E-state index contributed by atoms with van der Waals surface area (Å²) >= 11 is 0.